The molecule has 3 rings (SSSR count). The van der Waals surface area contributed by atoms with Gasteiger partial charge in [0.1, 0.15) is 5.82 Å². The largest absolute Gasteiger partial charge is 0.392 e. The minimum absolute atomic E-state index is 0.213. The van der Waals surface area contributed by atoms with Gasteiger partial charge in [-0.2, -0.15) is 0 Å². The summed E-state index contributed by atoms with van der Waals surface area (Å²) in [4.78, 5) is 14.5. The summed E-state index contributed by atoms with van der Waals surface area (Å²) in [5.41, 5.74) is 3.11. The first-order chi connectivity index (χ1) is 12.0. The SMILES string of the molecule is Cc1cc(C(=O)NCc2ccccc2CN2CCC(O)C2)ccc1F. The molecule has 1 unspecified atom stereocenters. The Morgan fingerprint density at radius 3 is 2.72 bits per heavy atom. The molecule has 1 aliphatic heterocycles. The number of halogens is 1. The summed E-state index contributed by atoms with van der Waals surface area (Å²) in [6.45, 7) is 4.40. The van der Waals surface area contributed by atoms with E-state index in [0.29, 0.717) is 24.2 Å². The molecular weight excluding hydrogens is 319 g/mol. The molecule has 2 N–H and O–H groups in total. The van der Waals surface area contributed by atoms with Crippen LogP contribution < -0.4 is 5.32 Å². The third-order valence-electron chi connectivity index (χ3n) is 4.62. The Labute approximate surface area is 147 Å². The molecule has 1 aliphatic rings. The van der Waals surface area contributed by atoms with Crippen molar-refractivity contribution in [2.75, 3.05) is 13.1 Å². The maximum absolute atomic E-state index is 13.3. The molecule has 0 spiro atoms. The van der Waals surface area contributed by atoms with Gasteiger partial charge in [-0.3, -0.25) is 9.69 Å². The lowest BCUT2D eigenvalue weighted by Gasteiger charge is -2.18. The highest BCUT2D eigenvalue weighted by molar-refractivity contribution is 5.94. The third-order valence-corrected chi connectivity index (χ3v) is 4.62. The first-order valence-electron chi connectivity index (χ1n) is 8.54. The second kappa shape index (κ2) is 7.76. The van der Waals surface area contributed by atoms with Crippen molar-refractivity contribution in [3.63, 3.8) is 0 Å². The van der Waals surface area contributed by atoms with Crippen molar-refractivity contribution in [3.8, 4) is 0 Å². The van der Waals surface area contributed by atoms with Gasteiger partial charge in [0, 0.05) is 31.7 Å². The van der Waals surface area contributed by atoms with Crippen molar-refractivity contribution in [2.45, 2.75) is 32.5 Å². The van der Waals surface area contributed by atoms with Crippen molar-refractivity contribution >= 4 is 5.91 Å². The molecule has 132 valence electrons. The smallest absolute Gasteiger partial charge is 0.251 e. The molecule has 1 atom stereocenters. The van der Waals surface area contributed by atoms with Crippen molar-refractivity contribution in [2.24, 2.45) is 0 Å². The zero-order valence-electron chi connectivity index (χ0n) is 14.3. The normalized spacial score (nSPS) is 17.6. The van der Waals surface area contributed by atoms with E-state index in [4.69, 9.17) is 0 Å². The Hall–Kier alpha value is -2.24. The van der Waals surface area contributed by atoms with Crippen LogP contribution in [0, 0.1) is 12.7 Å². The molecule has 0 bridgehead atoms. The second-order valence-electron chi connectivity index (χ2n) is 6.59. The zero-order chi connectivity index (χ0) is 17.8. The van der Waals surface area contributed by atoms with Crippen molar-refractivity contribution in [1.82, 2.24) is 10.2 Å². The zero-order valence-corrected chi connectivity index (χ0v) is 14.3. The molecule has 1 amide bonds. The van der Waals surface area contributed by atoms with Gasteiger partial charge >= 0.3 is 0 Å². The molecule has 2 aromatic rings. The van der Waals surface area contributed by atoms with Crippen LogP contribution in [0.2, 0.25) is 0 Å². The number of hydrogen-bond donors (Lipinski definition) is 2. The van der Waals surface area contributed by atoms with E-state index >= 15 is 0 Å². The predicted molar refractivity (Wildman–Crippen MR) is 94.7 cm³/mol. The summed E-state index contributed by atoms with van der Waals surface area (Å²) in [6.07, 6.45) is 0.566. The van der Waals surface area contributed by atoms with E-state index in [2.05, 4.69) is 10.2 Å². The van der Waals surface area contributed by atoms with Gasteiger partial charge in [-0.1, -0.05) is 24.3 Å². The lowest BCUT2D eigenvalue weighted by molar-refractivity contribution is 0.0950. The number of aliphatic hydroxyl groups excluding tert-OH is 1. The number of carbonyl (C=O) groups is 1. The Balaban J connectivity index is 1.64. The highest BCUT2D eigenvalue weighted by Crippen LogP contribution is 2.17. The Kier molecular flexibility index (Phi) is 5.46. The molecule has 4 nitrogen and oxygen atoms in total. The van der Waals surface area contributed by atoms with Crippen LogP contribution in [0.3, 0.4) is 0 Å². The van der Waals surface area contributed by atoms with Crippen LogP contribution in [0.5, 0.6) is 0 Å². The lowest BCUT2D eigenvalue weighted by Crippen LogP contribution is -2.25. The molecule has 5 heteroatoms. The topological polar surface area (TPSA) is 52.6 Å². The highest BCUT2D eigenvalue weighted by atomic mass is 19.1. The number of benzene rings is 2. The third kappa shape index (κ3) is 4.44. The quantitative estimate of drug-likeness (QED) is 0.878. The number of hydrogen-bond acceptors (Lipinski definition) is 3. The first-order valence-corrected chi connectivity index (χ1v) is 8.54. The predicted octanol–water partition coefficient (Wildman–Crippen LogP) is 2.63. The number of carbonyl (C=O) groups excluding carboxylic acids is 1. The fraction of sp³-hybridized carbons (Fsp3) is 0.350. The van der Waals surface area contributed by atoms with E-state index in [1.165, 1.54) is 12.1 Å². The van der Waals surface area contributed by atoms with Crippen LogP contribution in [0.15, 0.2) is 42.5 Å². The van der Waals surface area contributed by atoms with Crippen LogP contribution in [0.1, 0.15) is 33.5 Å². The van der Waals surface area contributed by atoms with Crippen LogP contribution in [-0.2, 0) is 13.1 Å². The van der Waals surface area contributed by atoms with E-state index in [9.17, 15) is 14.3 Å². The number of aryl methyl sites for hydroxylation is 1. The highest BCUT2D eigenvalue weighted by Gasteiger charge is 2.20. The standard InChI is InChI=1S/C20H23FN2O2/c1-14-10-15(6-7-19(14)21)20(25)22-11-16-4-2-3-5-17(16)12-23-9-8-18(24)13-23/h2-7,10,18,24H,8-9,11-13H2,1H3,(H,22,25). The van der Waals surface area contributed by atoms with Crippen molar-refractivity contribution < 1.29 is 14.3 Å². The number of nitrogens with one attached hydrogen (secondary N) is 1. The van der Waals surface area contributed by atoms with Crippen LogP contribution in [-0.4, -0.2) is 35.1 Å². The number of likely N-dealkylation sites (tertiary alicyclic amines) is 1. The maximum atomic E-state index is 13.3. The molecule has 0 radical (unpaired) electrons. The molecular formula is C20H23FN2O2. The molecule has 2 aromatic carbocycles. The van der Waals surface area contributed by atoms with Gasteiger partial charge in [-0.25, -0.2) is 4.39 Å². The second-order valence-corrected chi connectivity index (χ2v) is 6.59. The van der Waals surface area contributed by atoms with Gasteiger partial charge in [0.25, 0.3) is 5.91 Å². The van der Waals surface area contributed by atoms with Gasteiger partial charge in [-0.15, -0.1) is 0 Å². The summed E-state index contributed by atoms with van der Waals surface area (Å²) < 4.78 is 13.3. The number of aliphatic hydroxyl groups is 1. The van der Waals surface area contributed by atoms with Gasteiger partial charge < -0.3 is 10.4 Å². The Morgan fingerprint density at radius 2 is 2.04 bits per heavy atom. The summed E-state index contributed by atoms with van der Waals surface area (Å²) in [7, 11) is 0. The summed E-state index contributed by atoms with van der Waals surface area (Å²) in [6, 6.07) is 12.4. The summed E-state index contributed by atoms with van der Waals surface area (Å²) >= 11 is 0. The van der Waals surface area contributed by atoms with Crippen LogP contribution in [0.25, 0.3) is 0 Å². The molecule has 1 saturated heterocycles. The molecule has 25 heavy (non-hydrogen) atoms. The van der Waals surface area contributed by atoms with Gasteiger partial charge in [0.2, 0.25) is 0 Å². The summed E-state index contributed by atoms with van der Waals surface area (Å²) in [5, 5.41) is 12.6. The molecule has 0 aromatic heterocycles. The maximum Gasteiger partial charge on any atom is 0.251 e. The van der Waals surface area contributed by atoms with E-state index in [-0.39, 0.29) is 17.8 Å². The number of nitrogens with zero attached hydrogens (tertiary/aromatic N) is 1. The fourth-order valence-corrected chi connectivity index (χ4v) is 3.14. The minimum Gasteiger partial charge on any atom is -0.392 e. The van der Waals surface area contributed by atoms with E-state index in [0.717, 1.165) is 30.6 Å². The van der Waals surface area contributed by atoms with Crippen molar-refractivity contribution in [1.29, 1.82) is 0 Å². The van der Waals surface area contributed by atoms with E-state index < -0.39 is 0 Å². The van der Waals surface area contributed by atoms with Crippen LogP contribution >= 0.6 is 0 Å². The Bertz CT molecular complexity index is 763. The summed E-state index contributed by atoms with van der Waals surface area (Å²) in [5.74, 6) is -0.524. The minimum atomic E-state index is -0.310. The van der Waals surface area contributed by atoms with Gasteiger partial charge in [0.05, 0.1) is 6.10 Å². The number of amides is 1. The average Bonchev–Trinajstić information content (AvgIpc) is 3.01. The van der Waals surface area contributed by atoms with E-state index in [1.807, 2.05) is 24.3 Å². The monoisotopic (exact) mass is 342 g/mol. The molecule has 1 heterocycles. The van der Waals surface area contributed by atoms with Gasteiger partial charge in [-0.05, 0) is 48.2 Å². The fourth-order valence-electron chi connectivity index (χ4n) is 3.14. The van der Waals surface area contributed by atoms with Gasteiger partial charge in [0.15, 0.2) is 0 Å². The van der Waals surface area contributed by atoms with Crippen LogP contribution in [0.4, 0.5) is 4.39 Å². The van der Waals surface area contributed by atoms with Crippen molar-refractivity contribution in [3.05, 3.63) is 70.5 Å². The number of β-amino-alcohol motifs (C(OH)–C–C–N with tert-alkyl or cyclic N) is 1. The first kappa shape index (κ1) is 17.6. The Morgan fingerprint density at radius 1 is 1.28 bits per heavy atom. The molecule has 0 saturated carbocycles. The number of rotatable bonds is 5. The lowest BCUT2D eigenvalue weighted by atomic mass is 10.1. The average molecular weight is 342 g/mol. The molecule has 1 fully saturated rings. The molecule has 0 aliphatic carbocycles. The van der Waals surface area contributed by atoms with E-state index in [1.54, 1.807) is 13.0 Å².